The van der Waals surface area contributed by atoms with Crippen molar-refractivity contribution in [3.05, 3.63) is 28.4 Å². The Morgan fingerprint density at radius 2 is 2.55 bits per heavy atom. The molecule has 0 saturated carbocycles. The summed E-state index contributed by atoms with van der Waals surface area (Å²) in [5.74, 6) is 5.29. The molecule has 1 rings (SSSR count). The molecule has 0 radical (unpaired) electrons. The van der Waals surface area contributed by atoms with Crippen LogP contribution in [0.15, 0.2) is 17.2 Å². The zero-order valence-corrected chi connectivity index (χ0v) is 5.79. The molecule has 0 spiro atoms. The van der Waals surface area contributed by atoms with E-state index in [1.165, 1.54) is 12.4 Å². The van der Waals surface area contributed by atoms with Crippen LogP contribution in [0.4, 0.5) is 0 Å². The van der Waals surface area contributed by atoms with Gasteiger partial charge in [0, 0.05) is 6.20 Å². The number of aromatic nitrogens is 2. The summed E-state index contributed by atoms with van der Waals surface area (Å²) < 4.78 is 0. The van der Waals surface area contributed by atoms with Gasteiger partial charge >= 0.3 is 0 Å². The largest absolute Gasteiger partial charge is 0.325 e. The number of H-pyrrole nitrogens is 1. The van der Waals surface area contributed by atoms with Crippen molar-refractivity contribution in [1.29, 1.82) is 0 Å². The van der Waals surface area contributed by atoms with Gasteiger partial charge in [-0.05, 0) is 5.92 Å². The Hall–Kier alpha value is -1.60. The van der Waals surface area contributed by atoms with Gasteiger partial charge in [0.2, 0.25) is 0 Å². The average Bonchev–Trinajstić information content (AvgIpc) is 2.04. The van der Waals surface area contributed by atoms with Crippen molar-refractivity contribution in [3.8, 4) is 11.8 Å². The number of nitrogens with one attached hydrogen (secondary N) is 1. The van der Waals surface area contributed by atoms with Crippen LogP contribution in [0.5, 0.6) is 0 Å². The van der Waals surface area contributed by atoms with E-state index in [0.29, 0.717) is 12.2 Å². The van der Waals surface area contributed by atoms with E-state index in [0.717, 1.165) is 0 Å². The van der Waals surface area contributed by atoms with Gasteiger partial charge in [-0.15, -0.1) is 0 Å². The Morgan fingerprint density at radius 1 is 1.73 bits per heavy atom. The fourth-order valence-corrected chi connectivity index (χ4v) is 0.552. The van der Waals surface area contributed by atoms with Crippen LogP contribution < -0.4 is 11.3 Å². The van der Waals surface area contributed by atoms with E-state index in [1.807, 2.05) is 0 Å². The summed E-state index contributed by atoms with van der Waals surface area (Å²) in [6.45, 7) is 0.292. The SMILES string of the molecule is NCC#Cc1c[nH]c(=O)cn1. The van der Waals surface area contributed by atoms with Crippen molar-refractivity contribution in [2.24, 2.45) is 5.73 Å². The van der Waals surface area contributed by atoms with Gasteiger partial charge in [0.15, 0.2) is 0 Å². The van der Waals surface area contributed by atoms with E-state index >= 15 is 0 Å². The fraction of sp³-hybridized carbons (Fsp3) is 0.143. The zero-order chi connectivity index (χ0) is 8.10. The molecule has 0 aliphatic heterocycles. The van der Waals surface area contributed by atoms with Gasteiger partial charge in [0.1, 0.15) is 5.69 Å². The second kappa shape index (κ2) is 3.54. The number of hydrogen-bond acceptors (Lipinski definition) is 3. The molecular weight excluding hydrogens is 142 g/mol. The van der Waals surface area contributed by atoms with Crippen LogP contribution in [-0.4, -0.2) is 16.5 Å². The predicted octanol–water partition coefficient (Wildman–Crippen LogP) is -0.920. The Balaban J connectivity index is 2.90. The minimum atomic E-state index is -0.233. The highest BCUT2D eigenvalue weighted by atomic mass is 16.1. The maximum Gasteiger partial charge on any atom is 0.266 e. The lowest BCUT2D eigenvalue weighted by atomic mass is 10.4. The second-order valence-corrected chi connectivity index (χ2v) is 1.80. The summed E-state index contributed by atoms with van der Waals surface area (Å²) in [4.78, 5) is 16.7. The highest BCUT2D eigenvalue weighted by Gasteiger charge is 1.85. The molecule has 0 fully saturated rings. The zero-order valence-electron chi connectivity index (χ0n) is 5.79. The normalized spacial score (nSPS) is 8.45. The molecule has 0 saturated heterocycles. The van der Waals surface area contributed by atoms with Gasteiger partial charge in [-0.25, -0.2) is 4.98 Å². The first-order valence-electron chi connectivity index (χ1n) is 3.06. The number of rotatable bonds is 0. The smallest absolute Gasteiger partial charge is 0.266 e. The molecule has 0 aliphatic carbocycles. The molecule has 4 heteroatoms. The van der Waals surface area contributed by atoms with Crippen molar-refractivity contribution in [2.45, 2.75) is 0 Å². The first-order chi connectivity index (χ1) is 5.33. The van der Waals surface area contributed by atoms with Crippen molar-refractivity contribution in [1.82, 2.24) is 9.97 Å². The number of aromatic amines is 1. The average molecular weight is 149 g/mol. The third kappa shape index (κ3) is 2.24. The van der Waals surface area contributed by atoms with Gasteiger partial charge in [-0.1, -0.05) is 5.92 Å². The van der Waals surface area contributed by atoms with E-state index in [9.17, 15) is 4.79 Å². The van der Waals surface area contributed by atoms with Crippen molar-refractivity contribution in [3.63, 3.8) is 0 Å². The van der Waals surface area contributed by atoms with Crippen LogP contribution >= 0.6 is 0 Å². The van der Waals surface area contributed by atoms with Crippen molar-refractivity contribution in [2.75, 3.05) is 6.54 Å². The summed E-state index contributed by atoms with van der Waals surface area (Å²) in [7, 11) is 0. The minimum Gasteiger partial charge on any atom is -0.325 e. The first kappa shape index (κ1) is 7.51. The summed E-state index contributed by atoms with van der Waals surface area (Å²) in [5, 5.41) is 0. The van der Waals surface area contributed by atoms with E-state index in [-0.39, 0.29) is 5.56 Å². The standard InChI is InChI=1S/C7H7N3O/c8-3-1-2-6-4-10-7(11)5-9-6/h4-5H,3,8H2,(H,10,11). The Labute approximate surface area is 63.5 Å². The molecule has 0 aromatic carbocycles. The first-order valence-corrected chi connectivity index (χ1v) is 3.06. The lowest BCUT2D eigenvalue weighted by molar-refractivity contribution is 1.12. The van der Waals surface area contributed by atoms with E-state index in [4.69, 9.17) is 5.73 Å². The number of nitrogens with two attached hydrogens (primary N) is 1. The maximum atomic E-state index is 10.5. The molecule has 0 atom stereocenters. The summed E-state index contributed by atoms with van der Waals surface area (Å²) >= 11 is 0. The van der Waals surface area contributed by atoms with Gasteiger partial charge < -0.3 is 10.7 Å². The fourth-order valence-electron chi connectivity index (χ4n) is 0.552. The highest BCUT2D eigenvalue weighted by molar-refractivity contribution is 5.24. The molecule has 1 aromatic heterocycles. The summed E-state index contributed by atoms with van der Waals surface area (Å²) in [5.41, 5.74) is 5.42. The molecule has 0 aliphatic rings. The van der Waals surface area contributed by atoms with Gasteiger partial charge in [0.05, 0.1) is 12.7 Å². The van der Waals surface area contributed by atoms with E-state index in [1.54, 1.807) is 0 Å². The van der Waals surface area contributed by atoms with Gasteiger partial charge in [0.25, 0.3) is 5.56 Å². The third-order valence-electron chi connectivity index (χ3n) is 0.991. The van der Waals surface area contributed by atoms with E-state index < -0.39 is 0 Å². The minimum absolute atomic E-state index is 0.233. The van der Waals surface area contributed by atoms with Gasteiger partial charge in [-0.3, -0.25) is 4.79 Å². The van der Waals surface area contributed by atoms with Crippen LogP contribution in [0, 0.1) is 11.8 Å². The molecule has 3 N–H and O–H groups in total. The number of hydrogen-bond donors (Lipinski definition) is 2. The van der Waals surface area contributed by atoms with Gasteiger partial charge in [-0.2, -0.15) is 0 Å². The monoisotopic (exact) mass is 149 g/mol. The van der Waals surface area contributed by atoms with Crippen LogP contribution in [-0.2, 0) is 0 Å². The summed E-state index contributed by atoms with van der Waals surface area (Å²) in [6, 6.07) is 0. The van der Waals surface area contributed by atoms with Crippen molar-refractivity contribution < 1.29 is 0 Å². The van der Waals surface area contributed by atoms with Crippen LogP contribution in [0.2, 0.25) is 0 Å². The molecule has 56 valence electrons. The maximum absolute atomic E-state index is 10.5. The van der Waals surface area contributed by atoms with E-state index in [2.05, 4.69) is 21.8 Å². The Bertz CT molecular complexity index is 324. The number of nitrogens with zero attached hydrogens (tertiary/aromatic N) is 1. The molecule has 4 nitrogen and oxygen atoms in total. The molecule has 0 unspecified atom stereocenters. The Morgan fingerprint density at radius 3 is 3.09 bits per heavy atom. The molecule has 1 heterocycles. The molecule has 1 aromatic rings. The van der Waals surface area contributed by atoms with Crippen LogP contribution in [0.3, 0.4) is 0 Å². The quantitative estimate of drug-likeness (QED) is 0.468. The van der Waals surface area contributed by atoms with Crippen molar-refractivity contribution >= 4 is 0 Å². The van der Waals surface area contributed by atoms with Crippen LogP contribution in [0.25, 0.3) is 0 Å². The topological polar surface area (TPSA) is 71.8 Å². The lowest BCUT2D eigenvalue weighted by Crippen LogP contribution is -2.04. The molecule has 0 bridgehead atoms. The highest BCUT2D eigenvalue weighted by Crippen LogP contribution is 1.80. The molecule has 11 heavy (non-hydrogen) atoms. The molecular formula is C7H7N3O. The second-order valence-electron chi connectivity index (χ2n) is 1.80. The predicted molar refractivity (Wildman–Crippen MR) is 40.8 cm³/mol. The lowest BCUT2D eigenvalue weighted by Gasteiger charge is -1.84. The van der Waals surface area contributed by atoms with Crippen LogP contribution in [0.1, 0.15) is 5.69 Å². The summed E-state index contributed by atoms with van der Waals surface area (Å²) in [6.07, 6.45) is 2.63. The third-order valence-corrected chi connectivity index (χ3v) is 0.991. The molecule has 0 amide bonds. The Kier molecular flexibility index (Phi) is 2.42.